The zero-order valence-electron chi connectivity index (χ0n) is 9.29. The Balaban J connectivity index is 0.00000144. The average Bonchev–Trinajstić information content (AvgIpc) is 2.27. The number of nitrogens with zero attached hydrogens (tertiary/aromatic N) is 1. The number of morpholine rings is 1. The fourth-order valence-corrected chi connectivity index (χ4v) is 2.24. The summed E-state index contributed by atoms with van der Waals surface area (Å²) in [5.74, 6) is -0.260. The smallest absolute Gasteiger partial charge is 0.124 e. The SMILES string of the molecule is Cl.Nc1c(Br)cc(F)cc1CN1CCOCC1. The molecule has 0 radical (unpaired) electrons. The lowest BCUT2D eigenvalue weighted by atomic mass is 10.1. The molecule has 1 heterocycles. The number of hydrogen-bond acceptors (Lipinski definition) is 3. The maximum absolute atomic E-state index is 13.2. The molecular formula is C11H15BrClFN2O. The van der Waals surface area contributed by atoms with E-state index in [-0.39, 0.29) is 18.2 Å². The molecule has 6 heteroatoms. The second kappa shape index (κ2) is 6.54. The van der Waals surface area contributed by atoms with Gasteiger partial charge in [0, 0.05) is 24.1 Å². The van der Waals surface area contributed by atoms with Gasteiger partial charge >= 0.3 is 0 Å². The van der Waals surface area contributed by atoms with Crippen LogP contribution in [0.1, 0.15) is 5.56 Å². The van der Waals surface area contributed by atoms with Gasteiger partial charge in [-0.25, -0.2) is 4.39 Å². The van der Waals surface area contributed by atoms with Crippen molar-refractivity contribution in [3.63, 3.8) is 0 Å². The van der Waals surface area contributed by atoms with Gasteiger partial charge in [0.2, 0.25) is 0 Å². The van der Waals surface area contributed by atoms with E-state index in [0.717, 1.165) is 31.9 Å². The molecule has 96 valence electrons. The number of ether oxygens (including phenoxy) is 1. The molecule has 3 nitrogen and oxygen atoms in total. The monoisotopic (exact) mass is 324 g/mol. The third-order valence-corrected chi connectivity index (χ3v) is 3.33. The molecule has 0 spiro atoms. The van der Waals surface area contributed by atoms with E-state index in [1.807, 2.05) is 0 Å². The van der Waals surface area contributed by atoms with Crippen molar-refractivity contribution in [2.24, 2.45) is 0 Å². The van der Waals surface area contributed by atoms with E-state index in [1.165, 1.54) is 12.1 Å². The zero-order chi connectivity index (χ0) is 11.5. The van der Waals surface area contributed by atoms with Crippen LogP contribution in [0, 0.1) is 5.82 Å². The zero-order valence-corrected chi connectivity index (χ0v) is 11.7. The molecule has 1 fully saturated rings. The molecule has 1 saturated heterocycles. The minimum absolute atomic E-state index is 0. The molecule has 0 unspecified atom stereocenters. The third kappa shape index (κ3) is 3.81. The number of nitrogens with two attached hydrogens (primary N) is 1. The summed E-state index contributed by atoms with van der Waals surface area (Å²) < 4.78 is 19.1. The van der Waals surface area contributed by atoms with Crippen LogP contribution in [0.4, 0.5) is 10.1 Å². The molecule has 0 saturated carbocycles. The van der Waals surface area contributed by atoms with Crippen LogP contribution in [0.5, 0.6) is 0 Å². The maximum Gasteiger partial charge on any atom is 0.124 e. The van der Waals surface area contributed by atoms with E-state index in [9.17, 15) is 4.39 Å². The molecular weight excluding hydrogens is 310 g/mol. The molecule has 0 aromatic heterocycles. The largest absolute Gasteiger partial charge is 0.398 e. The van der Waals surface area contributed by atoms with Crippen LogP contribution in [0.2, 0.25) is 0 Å². The highest BCUT2D eigenvalue weighted by Crippen LogP contribution is 2.26. The Hall–Kier alpha value is -0.360. The summed E-state index contributed by atoms with van der Waals surface area (Å²) in [6.45, 7) is 3.87. The predicted molar refractivity (Wildman–Crippen MR) is 71.9 cm³/mol. The van der Waals surface area contributed by atoms with Crippen LogP contribution < -0.4 is 5.73 Å². The number of hydrogen-bond donors (Lipinski definition) is 1. The normalized spacial score (nSPS) is 16.6. The quantitative estimate of drug-likeness (QED) is 0.849. The standard InChI is InChI=1S/C11H14BrFN2O.ClH/c12-10-6-9(13)5-8(11(10)14)7-15-1-3-16-4-2-15;/h5-6H,1-4,7,14H2;1H. The fourth-order valence-electron chi connectivity index (χ4n) is 1.77. The lowest BCUT2D eigenvalue weighted by Gasteiger charge is -2.27. The van der Waals surface area contributed by atoms with Crippen molar-refractivity contribution >= 4 is 34.0 Å². The predicted octanol–water partition coefficient (Wildman–Crippen LogP) is 2.42. The Labute approximate surface area is 115 Å². The summed E-state index contributed by atoms with van der Waals surface area (Å²) in [7, 11) is 0. The van der Waals surface area contributed by atoms with Crippen molar-refractivity contribution in [2.45, 2.75) is 6.54 Å². The first-order valence-corrected chi connectivity index (χ1v) is 5.99. The van der Waals surface area contributed by atoms with E-state index < -0.39 is 0 Å². The van der Waals surface area contributed by atoms with Crippen LogP contribution in [-0.4, -0.2) is 31.2 Å². The van der Waals surface area contributed by atoms with Crippen molar-refractivity contribution in [1.29, 1.82) is 0 Å². The molecule has 1 aliphatic heterocycles. The van der Waals surface area contributed by atoms with Gasteiger partial charge in [-0.05, 0) is 33.6 Å². The van der Waals surface area contributed by atoms with Gasteiger partial charge in [0.05, 0.1) is 18.9 Å². The second-order valence-electron chi connectivity index (χ2n) is 3.85. The van der Waals surface area contributed by atoms with E-state index in [4.69, 9.17) is 10.5 Å². The molecule has 1 aliphatic rings. The van der Waals surface area contributed by atoms with Crippen LogP contribution in [0.25, 0.3) is 0 Å². The fraction of sp³-hybridized carbons (Fsp3) is 0.455. The van der Waals surface area contributed by atoms with Crippen LogP contribution in [0.15, 0.2) is 16.6 Å². The average molecular weight is 326 g/mol. The molecule has 1 aromatic rings. The molecule has 2 rings (SSSR count). The van der Waals surface area contributed by atoms with E-state index >= 15 is 0 Å². The molecule has 0 aliphatic carbocycles. The number of halogens is 3. The van der Waals surface area contributed by atoms with Gasteiger partial charge in [-0.15, -0.1) is 12.4 Å². The van der Waals surface area contributed by atoms with Crippen molar-refractivity contribution in [3.8, 4) is 0 Å². The molecule has 1 aromatic carbocycles. The van der Waals surface area contributed by atoms with Crippen LogP contribution >= 0.6 is 28.3 Å². The highest BCUT2D eigenvalue weighted by molar-refractivity contribution is 9.10. The number of nitrogen functional groups attached to an aromatic ring is 1. The van der Waals surface area contributed by atoms with Gasteiger partial charge in [-0.2, -0.15) is 0 Å². The minimum atomic E-state index is -0.260. The Morgan fingerprint density at radius 3 is 2.65 bits per heavy atom. The van der Waals surface area contributed by atoms with Gasteiger partial charge in [0.1, 0.15) is 5.82 Å². The van der Waals surface area contributed by atoms with E-state index in [2.05, 4.69) is 20.8 Å². The van der Waals surface area contributed by atoms with Gasteiger partial charge in [0.25, 0.3) is 0 Å². The molecule has 0 bridgehead atoms. The lowest BCUT2D eigenvalue weighted by molar-refractivity contribution is 0.0342. The van der Waals surface area contributed by atoms with E-state index in [1.54, 1.807) is 0 Å². The number of benzene rings is 1. The van der Waals surface area contributed by atoms with Gasteiger partial charge < -0.3 is 10.5 Å². The van der Waals surface area contributed by atoms with Gasteiger partial charge in [-0.3, -0.25) is 4.90 Å². The van der Waals surface area contributed by atoms with Crippen molar-refractivity contribution in [2.75, 3.05) is 32.0 Å². The first-order chi connectivity index (χ1) is 7.66. The van der Waals surface area contributed by atoms with Crippen LogP contribution in [0.3, 0.4) is 0 Å². The maximum atomic E-state index is 13.2. The second-order valence-corrected chi connectivity index (χ2v) is 4.70. The summed E-state index contributed by atoms with van der Waals surface area (Å²) in [5.41, 5.74) is 7.34. The Morgan fingerprint density at radius 2 is 2.00 bits per heavy atom. The highest BCUT2D eigenvalue weighted by Gasteiger charge is 2.14. The third-order valence-electron chi connectivity index (χ3n) is 2.68. The van der Waals surface area contributed by atoms with Gasteiger partial charge in [-0.1, -0.05) is 0 Å². The lowest BCUT2D eigenvalue weighted by Crippen LogP contribution is -2.35. The number of rotatable bonds is 2. The topological polar surface area (TPSA) is 38.5 Å². The number of anilines is 1. The minimum Gasteiger partial charge on any atom is -0.398 e. The van der Waals surface area contributed by atoms with Crippen molar-refractivity contribution < 1.29 is 9.13 Å². The van der Waals surface area contributed by atoms with Crippen molar-refractivity contribution in [1.82, 2.24) is 4.90 Å². The molecule has 0 atom stereocenters. The van der Waals surface area contributed by atoms with Gasteiger partial charge in [0.15, 0.2) is 0 Å². The van der Waals surface area contributed by atoms with Crippen LogP contribution in [-0.2, 0) is 11.3 Å². The summed E-state index contributed by atoms with van der Waals surface area (Å²) >= 11 is 3.25. The Kier molecular flexibility index (Phi) is 5.66. The molecule has 0 amide bonds. The molecule has 17 heavy (non-hydrogen) atoms. The first kappa shape index (κ1) is 14.7. The summed E-state index contributed by atoms with van der Waals surface area (Å²) in [6.07, 6.45) is 0. The Morgan fingerprint density at radius 1 is 1.35 bits per heavy atom. The Bertz CT molecular complexity index is 386. The summed E-state index contributed by atoms with van der Waals surface area (Å²) in [6, 6.07) is 2.88. The van der Waals surface area contributed by atoms with E-state index in [0.29, 0.717) is 16.7 Å². The first-order valence-electron chi connectivity index (χ1n) is 5.20. The van der Waals surface area contributed by atoms with Crippen molar-refractivity contribution in [3.05, 3.63) is 28.0 Å². The summed E-state index contributed by atoms with van der Waals surface area (Å²) in [5, 5.41) is 0. The molecule has 2 N–H and O–H groups in total. The summed E-state index contributed by atoms with van der Waals surface area (Å²) in [4.78, 5) is 2.21. The highest BCUT2D eigenvalue weighted by atomic mass is 79.9.